The van der Waals surface area contributed by atoms with E-state index in [4.69, 9.17) is 10.5 Å². The second kappa shape index (κ2) is 6.20. The van der Waals surface area contributed by atoms with Gasteiger partial charge in [-0.15, -0.1) is 0 Å². The molecule has 0 aromatic heterocycles. The summed E-state index contributed by atoms with van der Waals surface area (Å²) in [5.41, 5.74) is 7.51. The number of hydrogen-bond acceptors (Lipinski definition) is 3. The maximum absolute atomic E-state index is 13.7. The summed E-state index contributed by atoms with van der Waals surface area (Å²) in [5.74, 6) is 0.429. The van der Waals surface area contributed by atoms with Crippen molar-refractivity contribution >= 4 is 11.4 Å². The van der Waals surface area contributed by atoms with Crippen molar-refractivity contribution in [1.82, 2.24) is 0 Å². The zero-order valence-corrected chi connectivity index (χ0v) is 10.8. The van der Waals surface area contributed by atoms with Crippen molar-refractivity contribution in [2.75, 3.05) is 11.9 Å². The highest BCUT2D eigenvalue weighted by Crippen LogP contribution is 2.29. The Kier molecular flexibility index (Phi) is 4.36. The third kappa shape index (κ3) is 3.03. The third-order valence-electron chi connectivity index (χ3n) is 2.78. The van der Waals surface area contributed by atoms with Gasteiger partial charge < -0.3 is 15.8 Å². The summed E-state index contributed by atoms with van der Waals surface area (Å²) < 4.78 is 19.2. The lowest BCUT2D eigenvalue weighted by Crippen LogP contribution is -2.05. The molecule has 0 saturated carbocycles. The molecule has 0 heterocycles. The predicted octanol–water partition coefficient (Wildman–Crippen LogP) is 3.43. The fraction of sp³-hybridized carbons (Fsp3) is 0.200. The number of ether oxygens (including phenoxy) is 1. The molecule has 0 radical (unpaired) electrons. The number of para-hydroxylation sites is 2. The van der Waals surface area contributed by atoms with E-state index in [2.05, 4.69) is 5.32 Å². The van der Waals surface area contributed by atoms with E-state index in [9.17, 15) is 4.39 Å². The van der Waals surface area contributed by atoms with Crippen LogP contribution in [0, 0.1) is 5.82 Å². The number of halogens is 1. The minimum absolute atomic E-state index is 0.145. The van der Waals surface area contributed by atoms with Gasteiger partial charge in [0.25, 0.3) is 0 Å². The minimum atomic E-state index is -0.304. The Bertz CT molecular complexity index is 558. The van der Waals surface area contributed by atoms with E-state index in [1.54, 1.807) is 12.1 Å². The molecule has 0 spiro atoms. The molecular formula is C15H17FN2O. The van der Waals surface area contributed by atoms with Crippen LogP contribution in [0.4, 0.5) is 15.8 Å². The smallest absolute Gasteiger partial charge is 0.142 e. The summed E-state index contributed by atoms with van der Waals surface area (Å²) in [6, 6.07) is 12.4. The van der Waals surface area contributed by atoms with Crippen LogP contribution >= 0.6 is 0 Å². The molecule has 0 aliphatic heterocycles. The second-order valence-corrected chi connectivity index (χ2v) is 4.02. The highest BCUT2D eigenvalue weighted by Gasteiger charge is 2.09. The van der Waals surface area contributed by atoms with Crippen LogP contribution in [0.15, 0.2) is 42.5 Å². The Morgan fingerprint density at radius 3 is 2.58 bits per heavy atom. The van der Waals surface area contributed by atoms with E-state index in [1.807, 2.05) is 31.2 Å². The van der Waals surface area contributed by atoms with Crippen molar-refractivity contribution in [1.29, 1.82) is 0 Å². The first-order valence-corrected chi connectivity index (χ1v) is 6.22. The van der Waals surface area contributed by atoms with Gasteiger partial charge in [-0.3, -0.25) is 0 Å². The summed E-state index contributed by atoms with van der Waals surface area (Å²) >= 11 is 0. The molecule has 4 heteroatoms. The molecule has 2 aromatic carbocycles. The van der Waals surface area contributed by atoms with Crippen LogP contribution in [0.3, 0.4) is 0 Å². The summed E-state index contributed by atoms with van der Waals surface area (Å²) in [6.45, 7) is 2.64. The molecule has 0 aliphatic rings. The molecule has 0 bridgehead atoms. The number of anilines is 2. The molecule has 0 atom stereocenters. The van der Waals surface area contributed by atoms with E-state index < -0.39 is 0 Å². The third-order valence-corrected chi connectivity index (χ3v) is 2.78. The highest BCUT2D eigenvalue weighted by molar-refractivity contribution is 5.68. The van der Waals surface area contributed by atoms with Gasteiger partial charge in [0.1, 0.15) is 11.6 Å². The molecular weight excluding hydrogens is 243 g/mol. The fourth-order valence-corrected chi connectivity index (χ4v) is 1.88. The molecule has 0 amide bonds. The monoisotopic (exact) mass is 260 g/mol. The molecule has 0 saturated heterocycles. The topological polar surface area (TPSA) is 47.3 Å². The summed E-state index contributed by atoms with van der Waals surface area (Å²) in [7, 11) is 0. The lowest BCUT2D eigenvalue weighted by Gasteiger charge is -2.15. The Balaban J connectivity index is 2.33. The molecule has 0 unspecified atom stereocenters. The largest absolute Gasteiger partial charge is 0.492 e. The van der Waals surface area contributed by atoms with E-state index in [1.165, 1.54) is 6.07 Å². The van der Waals surface area contributed by atoms with E-state index in [0.29, 0.717) is 17.9 Å². The van der Waals surface area contributed by atoms with Crippen LogP contribution in [0.2, 0.25) is 0 Å². The summed E-state index contributed by atoms with van der Waals surface area (Å²) in [6.07, 6.45) is 0. The van der Waals surface area contributed by atoms with Gasteiger partial charge in [-0.1, -0.05) is 18.2 Å². The maximum atomic E-state index is 13.7. The predicted molar refractivity (Wildman–Crippen MR) is 75.2 cm³/mol. The highest BCUT2D eigenvalue weighted by atomic mass is 19.1. The molecule has 0 fully saturated rings. The zero-order valence-electron chi connectivity index (χ0n) is 10.8. The quantitative estimate of drug-likeness (QED) is 0.865. The molecule has 3 nitrogen and oxygen atoms in total. The number of nitrogens with one attached hydrogen (secondary N) is 1. The van der Waals surface area contributed by atoms with E-state index in [0.717, 1.165) is 11.4 Å². The van der Waals surface area contributed by atoms with Gasteiger partial charge in [0, 0.05) is 17.8 Å². The first kappa shape index (κ1) is 13.4. The van der Waals surface area contributed by atoms with E-state index >= 15 is 0 Å². The number of rotatable bonds is 5. The standard InChI is InChI=1S/C15H17FN2O/c1-2-19-15-9-4-3-7-14(15)18-13-8-5-6-12(16)11(13)10-17/h3-9,18H,2,10,17H2,1H3. The number of nitrogens with two attached hydrogens (primary N) is 1. The fourth-order valence-electron chi connectivity index (χ4n) is 1.88. The lowest BCUT2D eigenvalue weighted by atomic mass is 10.1. The Labute approximate surface area is 112 Å². The van der Waals surface area contributed by atoms with Crippen LogP contribution in [-0.4, -0.2) is 6.61 Å². The summed E-state index contributed by atoms with van der Waals surface area (Å²) in [5, 5.41) is 3.17. The van der Waals surface area contributed by atoms with Gasteiger partial charge in [-0.05, 0) is 31.2 Å². The molecule has 2 aromatic rings. The molecule has 3 N–H and O–H groups in total. The normalized spacial score (nSPS) is 10.3. The van der Waals surface area contributed by atoms with Gasteiger partial charge in [0.15, 0.2) is 0 Å². The van der Waals surface area contributed by atoms with Crippen molar-refractivity contribution < 1.29 is 9.13 Å². The second-order valence-electron chi connectivity index (χ2n) is 4.02. The van der Waals surface area contributed by atoms with Crippen LogP contribution < -0.4 is 15.8 Å². The Hall–Kier alpha value is -2.07. The van der Waals surface area contributed by atoms with Gasteiger partial charge in [-0.2, -0.15) is 0 Å². The molecule has 19 heavy (non-hydrogen) atoms. The molecule has 0 aliphatic carbocycles. The van der Waals surface area contributed by atoms with Crippen LogP contribution in [-0.2, 0) is 6.54 Å². The van der Waals surface area contributed by atoms with Gasteiger partial charge >= 0.3 is 0 Å². The Morgan fingerprint density at radius 2 is 1.84 bits per heavy atom. The van der Waals surface area contributed by atoms with Crippen LogP contribution in [0.25, 0.3) is 0 Å². The van der Waals surface area contributed by atoms with Crippen molar-refractivity contribution in [2.45, 2.75) is 13.5 Å². The first-order valence-electron chi connectivity index (χ1n) is 6.22. The van der Waals surface area contributed by atoms with Gasteiger partial charge in [0.2, 0.25) is 0 Å². The van der Waals surface area contributed by atoms with Crippen molar-refractivity contribution in [3.63, 3.8) is 0 Å². The van der Waals surface area contributed by atoms with Gasteiger partial charge in [0.05, 0.1) is 12.3 Å². The van der Waals surface area contributed by atoms with Crippen molar-refractivity contribution in [2.24, 2.45) is 5.73 Å². The average molecular weight is 260 g/mol. The summed E-state index contributed by atoms with van der Waals surface area (Å²) in [4.78, 5) is 0. The molecule has 100 valence electrons. The van der Waals surface area contributed by atoms with Crippen molar-refractivity contribution in [3.8, 4) is 5.75 Å². The SMILES string of the molecule is CCOc1ccccc1Nc1cccc(F)c1CN. The van der Waals surface area contributed by atoms with Crippen LogP contribution in [0.1, 0.15) is 12.5 Å². The number of hydrogen-bond donors (Lipinski definition) is 2. The van der Waals surface area contributed by atoms with Crippen molar-refractivity contribution in [3.05, 3.63) is 53.8 Å². The Morgan fingerprint density at radius 1 is 1.11 bits per heavy atom. The first-order chi connectivity index (χ1) is 9.26. The number of benzene rings is 2. The average Bonchev–Trinajstić information content (AvgIpc) is 2.41. The van der Waals surface area contributed by atoms with Gasteiger partial charge in [-0.25, -0.2) is 4.39 Å². The maximum Gasteiger partial charge on any atom is 0.142 e. The minimum Gasteiger partial charge on any atom is -0.492 e. The lowest BCUT2D eigenvalue weighted by molar-refractivity contribution is 0.342. The van der Waals surface area contributed by atoms with Crippen LogP contribution in [0.5, 0.6) is 5.75 Å². The molecule has 2 rings (SSSR count). The van der Waals surface area contributed by atoms with E-state index in [-0.39, 0.29) is 12.4 Å². The zero-order chi connectivity index (χ0) is 13.7.